The number of aromatic nitrogens is 1. The average Bonchev–Trinajstić information content (AvgIpc) is 2.84. The predicted octanol–water partition coefficient (Wildman–Crippen LogP) is 0.675. The molecule has 4 nitrogen and oxygen atoms in total. The van der Waals surface area contributed by atoms with Crippen molar-refractivity contribution in [3.8, 4) is 0 Å². The van der Waals surface area contributed by atoms with Crippen LogP contribution in [0.25, 0.3) is 0 Å². The lowest BCUT2D eigenvalue weighted by Gasteiger charge is -2.18. The standard InChI is InChI=1S/C9H12N2O2S/c1-13-7(12)6(10)9(2-3-9)8-11-4-5-14-8/h4-6H,2-3,10H2,1H3. The number of hydrogen-bond donors (Lipinski definition) is 1. The molecule has 0 bridgehead atoms. The van der Waals surface area contributed by atoms with Crippen molar-refractivity contribution in [3.05, 3.63) is 16.6 Å². The third-order valence-corrected chi connectivity index (χ3v) is 3.69. The fourth-order valence-electron chi connectivity index (χ4n) is 1.61. The molecule has 1 saturated carbocycles. The normalized spacial score (nSPS) is 20.1. The Morgan fingerprint density at radius 3 is 2.93 bits per heavy atom. The highest BCUT2D eigenvalue weighted by Gasteiger charge is 2.54. The van der Waals surface area contributed by atoms with Crippen molar-refractivity contribution < 1.29 is 9.53 Å². The minimum atomic E-state index is -0.571. The van der Waals surface area contributed by atoms with Gasteiger partial charge >= 0.3 is 5.97 Å². The molecule has 1 aromatic rings. The van der Waals surface area contributed by atoms with Gasteiger partial charge in [-0.1, -0.05) is 0 Å². The van der Waals surface area contributed by atoms with Crippen LogP contribution in [0.2, 0.25) is 0 Å². The molecule has 1 aliphatic carbocycles. The van der Waals surface area contributed by atoms with Gasteiger partial charge in [-0.25, -0.2) is 4.98 Å². The molecule has 14 heavy (non-hydrogen) atoms. The van der Waals surface area contributed by atoms with E-state index in [1.165, 1.54) is 7.11 Å². The number of esters is 1. The summed E-state index contributed by atoms with van der Waals surface area (Å²) in [6.07, 6.45) is 3.59. The summed E-state index contributed by atoms with van der Waals surface area (Å²) in [5.41, 5.74) is 5.62. The molecule has 1 atom stereocenters. The molecule has 1 fully saturated rings. The lowest BCUT2D eigenvalue weighted by molar-refractivity contribution is -0.143. The van der Waals surface area contributed by atoms with E-state index in [1.54, 1.807) is 17.5 Å². The van der Waals surface area contributed by atoms with Crippen LogP contribution in [0.1, 0.15) is 17.8 Å². The van der Waals surface area contributed by atoms with Gasteiger partial charge in [-0.3, -0.25) is 4.79 Å². The number of rotatable bonds is 3. The predicted molar refractivity (Wildman–Crippen MR) is 53.0 cm³/mol. The third-order valence-electron chi connectivity index (χ3n) is 2.70. The van der Waals surface area contributed by atoms with E-state index in [9.17, 15) is 4.79 Å². The van der Waals surface area contributed by atoms with E-state index in [0.717, 1.165) is 17.8 Å². The highest BCUT2D eigenvalue weighted by atomic mass is 32.1. The molecule has 0 aromatic carbocycles. The van der Waals surface area contributed by atoms with E-state index >= 15 is 0 Å². The Morgan fingerprint density at radius 1 is 1.79 bits per heavy atom. The molecule has 76 valence electrons. The van der Waals surface area contributed by atoms with Crippen molar-refractivity contribution in [2.45, 2.75) is 24.3 Å². The van der Waals surface area contributed by atoms with Gasteiger partial charge in [-0.15, -0.1) is 11.3 Å². The second-order valence-electron chi connectivity index (χ2n) is 3.49. The number of hydrogen-bond acceptors (Lipinski definition) is 5. The third kappa shape index (κ3) is 1.33. The number of carbonyl (C=O) groups is 1. The van der Waals surface area contributed by atoms with E-state index in [0.29, 0.717) is 0 Å². The molecule has 0 aliphatic heterocycles. The van der Waals surface area contributed by atoms with Crippen LogP contribution in [-0.2, 0) is 14.9 Å². The lowest BCUT2D eigenvalue weighted by Crippen LogP contribution is -2.42. The molecular formula is C9H12N2O2S. The maximum absolute atomic E-state index is 11.3. The van der Waals surface area contributed by atoms with Crippen molar-refractivity contribution in [1.29, 1.82) is 0 Å². The second kappa shape index (κ2) is 3.33. The van der Waals surface area contributed by atoms with E-state index in [4.69, 9.17) is 5.73 Å². The quantitative estimate of drug-likeness (QED) is 0.748. The molecular weight excluding hydrogens is 200 g/mol. The minimum Gasteiger partial charge on any atom is -0.468 e. The Kier molecular flexibility index (Phi) is 2.28. The zero-order valence-corrected chi connectivity index (χ0v) is 8.71. The topological polar surface area (TPSA) is 65.2 Å². The number of methoxy groups -OCH3 is 1. The van der Waals surface area contributed by atoms with Crippen LogP contribution in [-0.4, -0.2) is 24.1 Å². The fourth-order valence-corrected chi connectivity index (χ4v) is 2.55. The van der Waals surface area contributed by atoms with Gasteiger partial charge in [0.25, 0.3) is 0 Å². The first-order chi connectivity index (χ1) is 6.70. The van der Waals surface area contributed by atoms with Crippen molar-refractivity contribution in [3.63, 3.8) is 0 Å². The number of thiazole rings is 1. The first-order valence-electron chi connectivity index (χ1n) is 4.44. The smallest absolute Gasteiger partial charge is 0.323 e. The van der Waals surface area contributed by atoms with Crippen LogP contribution >= 0.6 is 11.3 Å². The maximum Gasteiger partial charge on any atom is 0.323 e. The van der Waals surface area contributed by atoms with Gasteiger partial charge in [0.2, 0.25) is 0 Å². The number of ether oxygens (including phenoxy) is 1. The highest BCUT2D eigenvalue weighted by Crippen LogP contribution is 2.51. The first-order valence-corrected chi connectivity index (χ1v) is 5.32. The minimum absolute atomic E-state index is 0.235. The second-order valence-corrected chi connectivity index (χ2v) is 4.39. The van der Waals surface area contributed by atoms with E-state index in [-0.39, 0.29) is 11.4 Å². The van der Waals surface area contributed by atoms with Crippen molar-refractivity contribution >= 4 is 17.3 Å². The first kappa shape index (κ1) is 9.61. The van der Waals surface area contributed by atoms with Crippen LogP contribution < -0.4 is 5.73 Å². The summed E-state index contributed by atoms with van der Waals surface area (Å²) >= 11 is 1.55. The van der Waals surface area contributed by atoms with Gasteiger partial charge in [0.1, 0.15) is 11.0 Å². The van der Waals surface area contributed by atoms with E-state index < -0.39 is 6.04 Å². The molecule has 2 N–H and O–H groups in total. The zero-order chi connectivity index (χ0) is 10.2. The molecule has 5 heteroatoms. The zero-order valence-electron chi connectivity index (χ0n) is 7.90. The molecule has 0 amide bonds. The Bertz CT molecular complexity index is 333. The lowest BCUT2D eigenvalue weighted by atomic mass is 9.98. The monoisotopic (exact) mass is 212 g/mol. The fraction of sp³-hybridized carbons (Fsp3) is 0.556. The van der Waals surface area contributed by atoms with Crippen molar-refractivity contribution in [1.82, 2.24) is 4.98 Å². The molecule has 1 unspecified atom stereocenters. The maximum atomic E-state index is 11.3. The highest BCUT2D eigenvalue weighted by molar-refractivity contribution is 7.09. The summed E-state index contributed by atoms with van der Waals surface area (Å²) in [7, 11) is 1.36. The molecule has 1 aliphatic rings. The molecule has 0 radical (unpaired) electrons. The van der Waals surface area contributed by atoms with E-state index in [2.05, 4.69) is 9.72 Å². The van der Waals surface area contributed by atoms with Gasteiger partial charge in [0.05, 0.1) is 7.11 Å². The van der Waals surface area contributed by atoms with Gasteiger partial charge < -0.3 is 10.5 Å². The van der Waals surface area contributed by atoms with E-state index in [1.807, 2.05) is 5.38 Å². The Hall–Kier alpha value is -0.940. The number of nitrogens with zero attached hydrogens (tertiary/aromatic N) is 1. The average molecular weight is 212 g/mol. The number of nitrogens with two attached hydrogens (primary N) is 1. The Balaban J connectivity index is 2.21. The van der Waals surface area contributed by atoms with Gasteiger partial charge in [-0.05, 0) is 12.8 Å². The summed E-state index contributed by atoms with van der Waals surface area (Å²) in [5.74, 6) is -0.349. The summed E-state index contributed by atoms with van der Waals surface area (Å²) in [6, 6.07) is -0.571. The molecule has 1 heterocycles. The van der Waals surface area contributed by atoms with Crippen LogP contribution in [0, 0.1) is 0 Å². The summed E-state index contributed by atoms with van der Waals surface area (Å²) in [5, 5.41) is 2.86. The molecule has 1 aromatic heterocycles. The van der Waals surface area contributed by atoms with Crippen molar-refractivity contribution in [2.24, 2.45) is 5.73 Å². The summed E-state index contributed by atoms with van der Waals surface area (Å²) in [4.78, 5) is 15.5. The van der Waals surface area contributed by atoms with Gasteiger partial charge in [0.15, 0.2) is 0 Å². The van der Waals surface area contributed by atoms with Crippen LogP contribution in [0.4, 0.5) is 0 Å². The SMILES string of the molecule is COC(=O)C(N)C1(c2nccs2)CC1. The molecule has 0 spiro atoms. The van der Waals surface area contributed by atoms with Crippen molar-refractivity contribution in [2.75, 3.05) is 7.11 Å². The molecule has 2 rings (SSSR count). The Morgan fingerprint density at radius 2 is 2.50 bits per heavy atom. The Labute approximate surface area is 86.1 Å². The summed E-state index contributed by atoms with van der Waals surface area (Å²) < 4.78 is 4.65. The largest absolute Gasteiger partial charge is 0.468 e. The van der Waals surface area contributed by atoms with Gasteiger partial charge in [0, 0.05) is 17.0 Å². The van der Waals surface area contributed by atoms with Crippen LogP contribution in [0.3, 0.4) is 0 Å². The van der Waals surface area contributed by atoms with Crippen LogP contribution in [0.5, 0.6) is 0 Å². The van der Waals surface area contributed by atoms with Crippen LogP contribution in [0.15, 0.2) is 11.6 Å². The van der Waals surface area contributed by atoms with Gasteiger partial charge in [-0.2, -0.15) is 0 Å². The number of carbonyl (C=O) groups excluding carboxylic acids is 1. The molecule has 0 saturated heterocycles. The summed E-state index contributed by atoms with van der Waals surface area (Å²) in [6.45, 7) is 0.